The van der Waals surface area contributed by atoms with E-state index in [-0.39, 0.29) is 30.6 Å². The first kappa shape index (κ1) is 17.9. The van der Waals surface area contributed by atoms with Crippen molar-refractivity contribution >= 4 is 5.69 Å². The lowest BCUT2D eigenvalue weighted by molar-refractivity contribution is -0.385. The van der Waals surface area contributed by atoms with Crippen molar-refractivity contribution < 1.29 is 9.66 Å². The first-order valence-corrected chi connectivity index (χ1v) is 9.00. The van der Waals surface area contributed by atoms with Crippen LogP contribution in [0.1, 0.15) is 36.9 Å². The van der Waals surface area contributed by atoms with Crippen molar-refractivity contribution in [1.29, 1.82) is 0 Å². The molecule has 11 nitrogen and oxygen atoms in total. The third kappa shape index (κ3) is 3.50. The lowest BCUT2D eigenvalue weighted by Crippen LogP contribution is -2.25. The van der Waals surface area contributed by atoms with Gasteiger partial charge < -0.3 is 4.74 Å². The van der Waals surface area contributed by atoms with Gasteiger partial charge >= 0.3 is 5.69 Å². The molecule has 4 rings (SSSR count). The third-order valence-electron chi connectivity index (χ3n) is 4.59. The molecular weight excluding hydrogens is 366 g/mol. The Balaban J connectivity index is 1.53. The summed E-state index contributed by atoms with van der Waals surface area (Å²) in [5.41, 5.74) is 0.665. The molecule has 0 N–H and O–H groups in total. The van der Waals surface area contributed by atoms with Gasteiger partial charge in [-0.05, 0) is 41.8 Å². The van der Waals surface area contributed by atoms with Crippen molar-refractivity contribution in [2.75, 3.05) is 0 Å². The summed E-state index contributed by atoms with van der Waals surface area (Å²) >= 11 is 0. The van der Waals surface area contributed by atoms with E-state index in [1.807, 2.05) is 6.92 Å². The average molecular weight is 385 g/mol. The van der Waals surface area contributed by atoms with Gasteiger partial charge in [0.05, 0.1) is 29.3 Å². The highest BCUT2D eigenvalue weighted by molar-refractivity contribution is 5.43. The second kappa shape index (κ2) is 7.25. The van der Waals surface area contributed by atoms with Gasteiger partial charge in [0, 0.05) is 18.7 Å². The second-order valence-corrected chi connectivity index (χ2v) is 6.59. The van der Waals surface area contributed by atoms with E-state index < -0.39 is 4.92 Å². The van der Waals surface area contributed by atoms with E-state index in [0.29, 0.717) is 23.6 Å². The molecule has 0 saturated heterocycles. The maximum Gasteiger partial charge on any atom is 0.364 e. The second-order valence-electron chi connectivity index (χ2n) is 6.59. The minimum atomic E-state index is -0.455. The maximum absolute atomic E-state index is 12.3. The largest absolute Gasteiger partial charge is 0.473 e. The van der Waals surface area contributed by atoms with Gasteiger partial charge in [-0.2, -0.15) is 14.5 Å². The van der Waals surface area contributed by atoms with Gasteiger partial charge in [-0.3, -0.25) is 10.1 Å². The summed E-state index contributed by atoms with van der Waals surface area (Å²) in [5, 5.41) is 23.4. The number of aryl methyl sites for hydroxylation is 1. The Morgan fingerprint density at radius 1 is 1.25 bits per heavy atom. The highest BCUT2D eigenvalue weighted by Gasteiger charge is 2.28. The van der Waals surface area contributed by atoms with Crippen LogP contribution in [0.2, 0.25) is 0 Å². The van der Waals surface area contributed by atoms with Crippen LogP contribution in [0.5, 0.6) is 5.88 Å². The van der Waals surface area contributed by atoms with Crippen LogP contribution < -0.4 is 10.4 Å². The molecule has 1 fully saturated rings. The smallest absolute Gasteiger partial charge is 0.364 e. The molecular formula is C17H19N7O4. The first-order valence-electron chi connectivity index (χ1n) is 9.00. The average Bonchev–Trinajstić information content (AvgIpc) is 3.32. The van der Waals surface area contributed by atoms with Gasteiger partial charge in [-0.15, -0.1) is 0 Å². The lowest BCUT2D eigenvalue weighted by Gasteiger charge is -2.09. The normalized spacial score (nSPS) is 13.6. The molecule has 1 aliphatic carbocycles. The van der Waals surface area contributed by atoms with E-state index in [2.05, 4.69) is 15.5 Å². The Bertz CT molecular complexity index is 1060. The minimum absolute atomic E-state index is 0.0418. The molecule has 0 atom stereocenters. The fourth-order valence-electron chi connectivity index (χ4n) is 2.94. The summed E-state index contributed by atoms with van der Waals surface area (Å²) in [6.45, 7) is 2.73. The van der Waals surface area contributed by atoms with E-state index in [9.17, 15) is 14.9 Å². The van der Waals surface area contributed by atoms with Crippen LogP contribution in [0.4, 0.5) is 5.69 Å². The molecule has 28 heavy (non-hydrogen) atoms. The van der Waals surface area contributed by atoms with Gasteiger partial charge in [0.15, 0.2) is 0 Å². The molecule has 0 radical (unpaired) electrons. The zero-order chi connectivity index (χ0) is 19.7. The Morgan fingerprint density at radius 3 is 2.79 bits per heavy atom. The van der Waals surface area contributed by atoms with Crippen molar-refractivity contribution in [3.05, 3.63) is 62.2 Å². The number of nitrogens with zero attached hydrogens (tertiary/aromatic N) is 7. The SMILES string of the molecule is CCn1nccc1OCc1ccc(Cn2nnn(C3CC3)c2=O)cc1[N+](=O)[O-]. The quantitative estimate of drug-likeness (QED) is 0.425. The molecule has 3 aromatic rings. The van der Waals surface area contributed by atoms with E-state index in [4.69, 9.17) is 4.74 Å². The number of aromatic nitrogens is 6. The molecule has 2 heterocycles. The molecule has 1 saturated carbocycles. The topological polar surface area (TPSA) is 123 Å². The summed E-state index contributed by atoms with van der Waals surface area (Å²) in [4.78, 5) is 23.3. The summed E-state index contributed by atoms with van der Waals surface area (Å²) in [6, 6.07) is 6.64. The molecule has 0 unspecified atom stereocenters. The van der Waals surface area contributed by atoms with Crippen LogP contribution in [-0.2, 0) is 19.7 Å². The Morgan fingerprint density at radius 2 is 2.07 bits per heavy atom. The van der Waals surface area contributed by atoms with Crippen molar-refractivity contribution in [2.45, 2.75) is 45.5 Å². The summed E-state index contributed by atoms with van der Waals surface area (Å²) < 4.78 is 9.92. The Kier molecular flexibility index (Phi) is 4.63. The standard InChI is InChI=1S/C17H19N7O4/c1-2-21-16(7-8-18-21)28-11-13-4-3-12(9-15(13)24(26)27)10-22-17(25)23(20-19-22)14-5-6-14/h3-4,7-9,14H,2,5-6,10-11H2,1H3. The van der Waals surface area contributed by atoms with E-state index >= 15 is 0 Å². The molecule has 146 valence electrons. The fraction of sp³-hybridized carbons (Fsp3) is 0.412. The number of hydrogen-bond acceptors (Lipinski definition) is 7. The zero-order valence-electron chi connectivity index (χ0n) is 15.3. The molecule has 0 bridgehead atoms. The van der Waals surface area contributed by atoms with Crippen LogP contribution in [0.15, 0.2) is 35.3 Å². The molecule has 1 aromatic carbocycles. The van der Waals surface area contributed by atoms with Gasteiger partial charge in [-0.1, -0.05) is 6.07 Å². The number of nitro groups is 1. The Hall–Kier alpha value is -3.50. The number of ether oxygens (including phenoxy) is 1. The monoisotopic (exact) mass is 385 g/mol. The molecule has 11 heteroatoms. The molecule has 0 spiro atoms. The van der Waals surface area contributed by atoms with Crippen molar-refractivity contribution in [3.63, 3.8) is 0 Å². The van der Waals surface area contributed by atoms with Crippen molar-refractivity contribution in [3.8, 4) is 5.88 Å². The fourth-order valence-corrected chi connectivity index (χ4v) is 2.94. The third-order valence-corrected chi connectivity index (χ3v) is 4.59. The predicted molar refractivity (Wildman–Crippen MR) is 97.0 cm³/mol. The van der Waals surface area contributed by atoms with Gasteiger partial charge in [0.2, 0.25) is 5.88 Å². The van der Waals surface area contributed by atoms with Gasteiger partial charge in [0.25, 0.3) is 5.69 Å². The highest BCUT2D eigenvalue weighted by atomic mass is 16.6. The number of nitro benzene ring substituents is 1. The highest BCUT2D eigenvalue weighted by Crippen LogP contribution is 2.32. The van der Waals surface area contributed by atoms with Gasteiger partial charge in [-0.25, -0.2) is 9.48 Å². The zero-order valence-corrected chi connectivity index (χ0v) is 15.3. The van der Waals surface area contributed by atoms with Crippen LogP contribution in [0.3, 0.4) is 0 Å². The minimum Gasteiger partial charge on any atom is -0.473 e. The van der Waals surface area contributed by atoms with Crippen LogP contribution in [-0.4, -0.2) is 34.5 Å². The van der Waals surface area contributed by atoms with Crippen molar-refractivity contribution in [2.24, 2.45) is 0 Å². The predicted octanol–water partition coefficient (Wildman–Crippen LogP) is 1.53. The molecule has 1 aliphatic rings. The maximum atomic E-state index is 12.3. The number of benzene rings is 1. The Labute approximate surface area is 159 Å². The summed E-state index contributed by atoms with van der Waals surface area (Å²) in [6.07, 6.45) is 3.47. The molecule has 2 aromatic heterocycles. The van der Waals surface area contributed by atoms with Crippen LogP contribution in [0.25, 0.3) is 0 Å². The number of hydrogen-bond donors (Lipinski definition) is 0. The van der Waals surface area contributed by atoms with Crippen LogP contribution in [0, 0.1) is 10.1 Å². The summed E-state index contributed by atoms with van der Waals surface area (Å²) in [7, 11) is 0. The molecule has 0 amide bonds. The van der Waals surface area contributed by atoms with Crippen LogP contribution >= 0.6 is 0 Å². The lowest BCUT2D eigenvalue weighted by atomic mass is 10.1. The van der Waals surface area contributed by atoms with Gasteiger partial charge in [0.1, 0.15) is 6.61 Å². The molecule has 0 aliphatic heterocycles. The summed E-state index contributed by atoms with van der Waals surface area (Å²) in [5.74, 6) is 0.545. The van der Waals surface area contributed by atoms with E-state index in [1.165, 1.54) is 15.4 Å². The van der Waals surface area contributed by atoms with E-state index in [1.54, 1.807) is 29.1 Å². The van der Waals surface area contributed by atoms with E-state index in [0.717, 1.165) is 12.8 Å². The number of tetrazole rings is 1. The first-order chi connectivity index (χ1) is 13.6. The van der Waals surface area contributed by atoms with Crippen molar-refractivity contribution in [1.82, 2.24) is 29.6 Å². The number of rotatable bonds is 8.